The van der Waals surface area contributed by atoms with Crippen LogP contribution in [-0.4, -0.2) is 17.5 Å². The molecule has 0 N–H and O–H groups in total. The second kappa shape index (κ2) is 2.71. The summed E-state index contributed by atoms with van der Waals surface area (Å²) in [4.78, 5) is 0.731. The molecule has 1 unspecified atom stereocenters. The van der Waals surface area contributed by atoms with Gasteiger partial charge < -0.3 is 4.74 Å². The highest BCUT2D eigenvalue weighted by atomic mass is 32.2. The van der Waals surface area contributed by atoms with Crippen molar-refractivity contribution in [3.63, 3.8) is 0 Å². The monoisotopic (exact) mass is 181 g/mol. The molecule has 0 spiro atoms. The van der Waals surface area contributed by atoms with Gasteiger partial charge in [0.1, 0.15) is 5.75 Å². The topological polar surface area (TPSA) is 38.7 Å². The molecular weight excluding hydrogens is 174 g/mol. The zero-order chi connectivity index (χ0) is 8.55. The number of ether oxygens (including phenoxy) is 1. The molecule has 1 aliphatic rings. The maximum atomic E-state index is 11.2. The van der Waals surface area contributed by atoms with Gasteiger partial charge in [0.15, 0.2) is 11.0 Å². The van der Waals surface area contributed by atoms with Gasteiger partial charge in [0.05, 0.1) is 12.0 Å². The van der Waals surface area contributed by atoms with E-state index in [1.165, 1.54) is 0 Å². The maximum absolute atomic E-state index is 11.2. The minimum atomic E-state index is -1.22. The van der Waals surface area contributed by atoms with Gasteiger partial charge >= 0.3 is 0 Å². The Morgan fingerprint density at radius 2 is 2.33 bits per heavy atom. The number of methoxy groups -OCH3 is 1. The summed E-state index contributed by atoms with van der Waals surface area (Å²) in [6.45, 7) is 0. The van der Waals surface area contributed by atoms with Gasteiger partial charge in [-0.2, -0.15) is 4.40 Å². The van der Waals surface area contributed by atoms with Crippen molar-refractivity contribution < 1.29 is 8.95 Å². The molecule has 0 saturated heterocycles. The molecule has 0 aromatic heterocycles. The first-order valence-electron chi connectivity index (χ1n) is 3.45. The highest BCUT2D eigenvalue weighted by Crippen LogP contribution is 2.23. The molecule has 62 valence electrons. The van der Waals surface area contributed by atoms with Crippen molar-refractivity contribution >= 4 is 17.2 Å². The molecule has 12 heavy (non-hydrogen) atoms. The second-order valence-electron chi connectivity index (χ2n) is 2.39. The van der Waals surface area contributed by atoms with E-state index in [0.717, 1.165) is 10.5 Å². The largest absolute Gasteiger partial charge is 0.497 e. The average molecular weight is 181 g/mol. The summed E-state index contributed by atoms with van der Waals surface area (Å²) in [7, 11) is 0.364. The summed E-state index contributed by atoms with van der Waals surface area (Å²) in [5, 5.41) is 0. The van der Waals surface area contributed by atoms with E-state index in [1.807, 2.05) is 12.1 Å². The molecule has 0 saturated carbocycles. The third-order valence-corrected chi connectivity index (χ3v) is 2.72. The minimum Gasteiger partial charge on any atom is -0.497 e. The van der Waals surface area contributed by atoms with Crippen LogP contribution < -0.4 is 4.74 Å². The molecule has 4 heteroatoms. The summed E-state index contributed by atoms with van der Waals surface area (Å²) in [6, 6.07) is 5.42. The number of hydrogen-bond donors (Lipinski definition) is 0. The van der Waals surface area contributed by atoms with Gasteiger partial charge in [0.2, 0.25) is 0 Å². The Labute approximate surface area is 72.7 Å². The quantitative estimate of drug-likeness (QED) is 0.652. The van der Waals surface area contributed by atoms with E-state index in [4.69, 9.17) is 4.74 Å². The van der Waals surface area contributed by atoms with E-state index >= 15 is 0 Å². The van der Waals surface area contributed by atoms with E-state index in [1.54, 1.807) is 19.4 Å². The smallest absolute Gasteiger partial charge is 0.173 e. The molecular formula is C8H7NO2S. The molecule has 0 amide bonds. The van der Waals surface area contributed by atoms with Crippen LogP contribution >= 0.6 is 0 Å². The summed E-state index contributed by atoms with van der Waals surface area (Å²) in [6.07, 6.45) is 1.62. The Morgan fingerprint density at radius 3 is 3.08 bits per heavy atom. The van der Waals surface area contributed by atoms with Crippen LogP contribution in [0, 0.1) is 0 Å². The summed E-state index contributed by atoms with van der Waals surface area (Å²) >= 11 is 0. The summed E-state index contributed by atoms with van der Waals surface area (Å²) in [5.74, 6) is 0.715. The molecule has 1 aromatic rings. The van der Waals surface area contributed by atoms with Crippen LogP contribution in [0.5, 0.6) is 5.75 Å². The van der Waals surface area contributed by atoms with Crippen molar-refractivity contribution in [1.29, 1.82) is 0 Å². The second-order valence-corrected chi connectivity index (χ2v) is 3.54. The Balaban J connectivity index is 2.55. The molecule has 1 heterocycles. The van der Waals surface area contributed by atoms with Gasteiger partial charge in [-0.1, -0.05) is 0 Å². The van der Waals surface area contributed by atoms with Crippen LogP contribution in [0.2, 0.25) is 0 Å². The SMILES string of the molecule is COc1ccc2c(c1)S(=O)N=C2. The molecule has 2 rings (SSSR count). The Morgan fingerprint density at radius 1 is 1.50 bits per heavy atom. The minimum absolute atomic E-state index is 0.715. The molecule has 1 aliphatic heterocycles. The third kappa shape index (κ3) is 1.04. The average Bonchev–Trinajstić information content (AvgIpc) is 2.47. The fraction of sp³-hybridized carbons (Fsp3) is 0.125. The molecule has 0 aliphatic carbocycles. The van der Waals surface area contributed by atoms with Crippen molar-refractivity contribution in [2.75, 3.05) is 7.11 Å². The summed E-state index contributed by atoms with van der Waals surface area (Å²) < 4.78 is 20.0. The number of benzene rings is 1. The first-order chi connectivity index (χ1) is 5.81. The zero-order valence-corrected chi connectivity index (χ0v) is 7.30. The lowest BCUT2D eigenvalue weighted by Gasteiger charge is -2.00. The van der Waals surface area contributed by atoms with Gasteiger partial charge in [0.25, 0.3) is 0 Å². The predicted molar refractivity (Wildman–Crippen MR) is 47.0 cm³/mol. The lowest BCUT2D eigenvalue weighted by molar-refractivity contribution is 0.413. The van der Waals surface area contributed by atoms with Crippen molar-refractivity contribution in [2.45, 2.75) is 4.90 Å². The molecule has 0 radical (unpaired) electrons. The van der Waals surface area contributed by atoms with E-state index in [-0.39, 0.29) is 0 Å². The van der Waals surface area contributed by atoms with Crippen molar-refractivity contribution in [2.24, 2.45) is 4.40 Å². The van der Waals surface area contributed by atoms with E-state index in [9.17, 15) is 4.21 Å². The Hall–Kier alpha value is -1.16. The highest BCUT2D eigenvalue weighted by molar-refractivity contribution is 7.84. The standard InChI is InChI=1S/C8H7NO2S/c1-11-7-3-2-6-5-9-12(10)8(6)4-7/h2-5H,1H3. The maximum Gasteiger partial charge on any atom is 0.173 e. The van der Waals surface area contributed by atoms with Gasteiger partial charge in [-0.15, -0.1) is 0 Å². The van der Waals surface area contributed by atoms with E-state index < -0.39 is 11.0 Å². The first-order valence-corrected chi connectivity index (χ1v) is 4.56. The third-order valence-electron chi connectivity index (χ3n) is 1.70. The van der Waals surface area contributed by atoms with Crippen LogP contribution in [0.1, 0.15) is 5.56 Å². The fourth-order valence-corrected chi connectivity index (χ4v) is 1.92. The number of rotatable bonds is 1. The van der Waals surface area contributed by atoms with Gasteiger partial charge in [-0.3, -0.25) is 0 Å². The van der Waals surface area contributed by atoms with Crippen LogP contribution in [0.25, 0.3) is 0 Å². The Bertz CT molecular complexity index is 373. The lowest BCUT2D eigenvalue weighted by atomic mass is 10.2. The first kappa shape index (κ1) is 7.49. The molecule has 1 aromatic carbocycles. The van der Waals surface area contributed by atoms with Crippen molar-refractivity contribution in [3.05, 3.63) is 23.8 Å². The normalized spacial score (nSPS) is 19.2. The van der Waals surface area contributed by atoms with E-state index in [0.29, 0.717) is 5.75 Å². The van der Waals surface area contributed by atoms with Crippen LogP contribution in [0.15, 0.2) is 27.5 Å². The van der Waals surface area contributed by atoms with Gasteiger partial charge in [0, 0.05) is 11.8 Å². The fourth-order valence-electron chi connectivity index (χ4n) is 1.06. The summed E-state index contributed by atoms with van der Waals surface area (Å²) in [5.41, 5.74) is 0.911. The van der Waals surface area contributed by atoms with Crippen LogP contribution in [0.3, 0.4) is 0 Å². The highest BCUT2D eigenvalue weighted by Gasteiger charge is 2.14. The molecule has 0 fully saturated rings. The zero-order valence-electron chi connectivity index (χ0n) is 6.48. The van der Waals surface area contributed by atoms with Gasteiger partial charge in [-0.25, -0.2) is 4.21 Å². The molecule has 3 nitrogen and oxygen atoms in total. The van der Waals surface area contributed by atoms with Crippen LogP contribution in [-0.2, 0) is 11.0 Å². The lowest BCUT2D eigenvalue weighted by Crippen LogP contribution is -1.88. The molecule has 1 atom stereocenters. The Kier molecular flexibility index (Phi) is 1.69. The molecule has 0 bridgehead atoms. The van der Waals surface area contributed by atoms with Crippen LogP contribution in [0.4, 0.5) is 0 Å². The number of hydrogen-bond acceptors (Lipinski definition) is 2. The van der Waals surface area contributed by atoms with Crippen molar-refractivity contribution in [3.8, 4) is 5.75 Å². The predicted octanol–water partition coefficient (Wildman–Crippen LogP) is 1.15. The number of fused-ring (bicyclic) bond motifs is 1. The van der Waals surface area contributed by atoms with Gasteiger partial charge in [-0.05, 0) is 18.2 Å². The van der Waals surface area contributed by atoms with Crippen molar-refractivity contribution in [1.82, 2.24) is 0 Å². The van der Waals surface area contributed by atoms with E-state index in [2.05, 4.69) is 4.40 Å². The number of nitrogens with zero attached hydrogens (tertiary/aromatic N) is 1.